The summed E-state index contributed by atoms with van der Waals surface area (Å²) in [5.74, 6) is 1.31. The molecule has 0 bridgehead atoms. The van der Waals surface area contributed by atoms with Crippen molar-refractivity contribution in [3.63, 3.8) is 0 Å². The molecule has 1 aromatic heterocycles. The Labute approximate surface area is 164 Å². The van der Waals surface area contributed by atoms with Crippen molar-refractivity contribution in [3.8, 4) is 5.75 Å². The first-order chi connectivity index (χ1) is 13.7. The van der Waals surface area contributed by atoms with Gasteiger partial charge in [0.05, 0.1) is 31.6 Å². The third-order valence-electron chi connectivity index (χ3n) is 4.93. The number of benzene rings is 2. The number of methoxy groups -OCH3 is 1. The molecule has 0 atom stereocenters. The normalized spacial score (nSPS) is 14.1. The average molecular weight is 377 g/mol. The second-order valence-corrected chi connectivity index (χ2v) is 6.80. The second kappa shape index (κ2) is 7.86. The minimum absolute atomic E-state index is 0.207. The topological polar surface area (TPSA) is 63.7 Å². The molecule has 1 aliphatic rings. The molecule has 1 aliphatic heterocycles. The van der Waals surface area contributed by atoms with Crippen LogP contribution in [0.15, 0.2) is 48.7 Å². The number of carbonyl (C=O) groups is 1. The van der Waals surface area contributed by atoms with Crippen LogP contribution in [-0.2, 0) is 4.74 Å². The highest BCUT2D eigenvalue weighted by Gasteiger charge is 2.19. The first-order valence-corrected chi connectivity index (χ1v) is 9.34. The van der Waals surface area contributed by atoms with E-state index in [0.717, 1.165) is 35.2 Å². The van der Waals surface area contributed by atoms with Gasteiger partial charge in [-0.1, -0.05) is 30.3 Å². The summed E-state index contributed by atoms with van der Waals surface area (Å²) < 4.78 is 10.8. The molecule has 144 valence electrons. The molecule has 0 aliphatic carbocycles. The molecule has 1 saturated heterocycles. The maximum atomic E-state index is 13.1. The van der Waals surface area contributed by atoms with Gasteiger partial charge >= 0.3 is 0 Å². The summed E-state index contributed by atoms with van der Waals surface area (Å²) in [5, 5.41) is 4.82. The van der Waals surface area contributed by atoms with Gasteiger partial charge in [-0.25, -0.2) is 4.98 Å². The number of morpholine rings is 1. The third kappa shape index (κ3) is 3.51. The fraction of sp³-hybridized carbons (Fsp3) is 0.273. The van der Waals surface area contributed by atoms with Crippen molar-refractivity contribution in [1.82, 2.24) is 4.98 Å². The average Bonchev–Trinajstić information content (AvgIpc) is 2.73. The number of anilines is 2. The van der Waals surface area contributed by atoms with E-state index in [1.807, 2.05) is 49.4 Å². The predicted molar refractivity (Wildman–Crippen MR) is 110 cm³/mol. The molecule has 2 heterocycles. The smallest absolute Gasteiger partial charge is 0.257 e. The summed E-state index contributed by atoms with van der Waals surface area (Å²) in [6.45, 7) is 4.94. The number of aromatic nitrogens is 1. The van der Waals surface area contributed by atoms with Gasteiger partial charge in [0.25, 0.3) is 5.91 Å². The molecule has 0 unspecified atom stereocenters. The first-order valence-electron chi connectivity index (χ1n) is 9.34. The highest BCUT2D eigenvalue weighted by molar-refractivity contribution is 6.14. The molecule has 28 heavy (non-hydrogen) atoms. The minimum Gasteiger partial charge on any atom is -0.495 e. The lowest BCUT2D eigenvalue weighted by molar-refractivity contribution is 0.102. The van der Waals surface area contributed by atoms with E-state index in [-0.39, 0.29) is 5.91 Å². The summed E-state index contributed by atoms with van der Waals surface area (Å²) in [6.07, 6.45) is 1.66. The van der Waals surface area contributed by atoms with Crippen molar-refractivity contribution in [2.75, 3.05) is 43.6 Å². The lowest BCUT2D eigenvalue weighted by atomic mass is 10.1. The molecule has 1 amide bonds. The molecule has 6 heteroatoms. The lowest BCUT2D eigenvalue weighted by Crippen LogP contribution is -2.37. The third-order valence-corrected chi connectivity index (χ3v) is 4.93. The van der Waals surface area contributed by atoms with Crippen LogP contribution in [0.4, 0.5) is 11.5 Å². The number of carbonyl (C=O) groups excluding carboxylic acids is 1. The second-order valence-electron chi connectivity index (χ2n) is 6.80. The Bertz CT molecular complexity index is 1010. The fourth-order valence-electron chi connectivity index (χ4n) is 3.49. The minimum atomic E-state index is -0.207. The van der Waals surface area contributed by atoms with Gasteiger partial charge in [-0.05, 0) is 30.0 Å². The standard InChI is InChI=1S/C22H23N3O3/c1-15-7-8-20(27-2)19(13-15)24-22(26)18-14-23-21(25-9-11-28-12-10-25)17-6-4-3-5-16(17)18/h3-8,13-14H,9-12H2,1-2H3,(H,24,26). The van der Waals surface area contributed by atoms with Gasteiger partial charge in [-0.3, -0.25) is 4.79 Å². The van der Waals surface area contributed by atoms with E-state index in [4.69, 9.17) is 9.47 Å². The van der Waals surface area contributed by atoms with Crippen LogP contribution < -0.4 is 15.0 Å². The predicted octanol–water partition coefficient (Wildman–Crippen LogP) is 3.64. The molecule has 6 nitrogen and oxygen atoms in total. The van der Waals surface area contributed by atoms with E-state index < -0.39 is 0 Å². The zero-order valence-corrected chi connectivity index (χ0v) is 16.1. The number of pyridine rings is 1. The van der Waals surface area contributed by atoms with Gasteiger partial charge < -0.3 is 19.7 Å². The number of hydrogen-bond donors (Lipinski definition) is 1. The number of hydrogen-bond acceptors (Lipinski definition) is 5. The number of nitrogens with one attached hydrogen (secondary N) is 1. The van der Waals surface area contributed by atoms with Crippen molar-refractivity contribution in [2.45, 2.75) is 6.92 Å². The van der Waals surface area contributed by atoms with E-state index in [1.165, 1.54) is 0 Å². The summed E-state index contributed by atoms with van der Waals surface area (Å²) in [7, 11) is 1.59. The van der Waals surface area contributed by atoms with Crippen LogP contribution in [0, 0.1) is 6.92 Å². The zero-order valence-electron chi connectivity index (χ0n) is 16.1. The largest absolute Gasteiger partial charge is 0.495 e. The Balaban J connectivity index is 1.71. The molecule has 1 N–H and O–H groups in total. The first kappa shape index (κ1) is 18.3. The van der Waals surface area contributed by atoms with Gasteiger partial charge in [-0.15, -0.1) is 0 Å². The SMILES string of the molecule is COc1ccc(C)cc1NC(=O)c1cnc(N2CCOCC2)c2ccccc12. The summed E-state index contributed by atoms with van der Waals surface area (Å²) in [4.78, 5) is 19.9. The monoisotopic (exact) mass is 377 g/mol. The van der Waals surface area contributed by atoms with E-state index >= 15 is 0 Å². The Morgan fingerprint density at radius 1 is 1.14 bits per heavy atom. The van der Waals surface area contributed by atoms with Crippen molar-refractivity contribution in [3.05, 3.63) is 59.8 Å². The van der Waals surface area contributed by atoms with E-state index in [2.05, 4.69) is 15.2 Å². The molecule has 3 aromatic rings. The molecular formula is C22H23N3O3. The van der Waals surface area contributed by atoms with Crippen LogP contribution in [-0.4, -0.2) is 44.3 Å². The van der Waals surface area contributed by atoms with Crippen LogP contribution in [0.5, 0.6) is 5.75 Å². The van der Waals surface area contributed by atoms with Crippen molar-refractivity contribution in [2.24, 2.45) is 0 Å². The molecule has 4 rings (SSSR count). The van der Waals surface area contributed by atoms with Crippen LogP contribution in [0.1, 0.15) is 15.9 Å². The number of rotatable bonds is 4. The fourth-order valence-corrected chi connectivity index (χ4v) is 3.49. The maximum absolute atomic E-state index is 13.1. The molecule has 1 fully saturated rings. The number of nitrogens with zero attached hydrogens (tertiary/aromatic N) is 2. The van der Waals surface area contributed by atoms with Gasteiger partial charge in [0.15, 0.2) is 0 Å². The Morgan fingerprint density at radius 2 is 1.89 bits per heavy atom. The Kier molecular flexibility index (Phi) is 5.12. The molecular weight excluding hydrogens is 354 g/mol. The van der Waals surface area contributed by atoms with Crippen LogP contribution in [0.3, 0.4) is 0 Å². The van der Waals surface area contributed by atoms with E-state index in [0.29, 0.717) is 30.2 Å². The Hall–Kier alpha value is -3.12. The van der Waals surface area contributed by atoms with E-state index in [9.17, 15) is 4.79 Å². The molecule has 0 radical (unpaired) electrons. The van der Waals surface area contributed by atoms with Crippen molar-refractivity contribution >= 4 is 28.2 Å². The van der Waals surface area contributed by atoms with Crippen LogP contribution in [0.2, 0.25) is 0 Å². The quantitative estimate of drug-likeness (QED) is 0.752. The van der Waals surface area contributed by atoms with Crippen LogP contribution >= 0.6 is 0 Å². The number of amides is 1. The number of fused-ring (bicyclic) bond motifs is 1. The lowest BCUT2D eigenvalue weighted by Gasteiger charge is -2.29. The highest BCUT2D eigenvalue weighted by atomic mass is 16.5. The summed E-state index contributed by atoms with van der Waals surface area (Å²) in [6, 6.07) is 13.6. The number of aryl methyl sites for hydroxylation is 1. The zero-order chi connectivity index (χ0) is 19.5. The number of ether oxygens (including phenoxy) is 2. The van der Waals surface area contributed by atoms with Crippen LogP contribution in [0.25, 0.3) is 10.8 Å². The maximum Gasteiger partial charge on any atom is 0.257 e. The Morgan fingerprint density at radius 3 is 2.64 bits per heavy atom. The molecule has 0 saturated carbocycles. The van der Waals surface area contributed by atoms with Gasteiger partial charge in [-0.2, -0.15) is 0 Å². The van der Waals surface area contributed by atoms with Gasteiger partial charge in [0.1, 0.15) is 11.6 Å². The van der Waals surface area contributed by atoms with E-state index in [1.54, 1.807) is 13.3 Å². The van der Waals surface area contributed by atoms with Crippen molar-refractivity contribution < 1.29 is 14.3 Å². The summed E-state index contributed by atoms with van der Waals surface area (Å²) in [5.41, 5.74) is 2.23. The molecule has 0 spiro atoms. The van der Waals surface area contributed by atoms with Crippen molar-refractivity contribution in [1.29, 1.82) is 0 Å². The molecule has 2 aromatic carbocycles. The van der Waals surface area contributed by atoms with Gasteiger partial charge in [0.2, 0.25) is 0 Å². The van der Waals surface area contributed by atoms with Gasteiger partial charge in [0, 0.05) is 24.7 Å². The highest BCUT2D eigenvalue weighted by Crippen LogP contribution is 2.30. The summed E-state index contributed by atoms with van der Waals surface area (Å²) >= 11 is 0.